The number of amides is 2. The van der Waals surface area contributed by atoms with Gasteiger partial charge in [0.25, 0.3) is 5.91 Å². The monoisotopic (exact) mass is 341 g/mol. The van der Waals surface area contributed by atoms with Crippen molar-refractivity contribution in [2.24, 2.45) is 11.1 Å². The molecule has 1 rings (SSSR count). The van der Waals surface area contributed by atoms with Crippen LogP contribution in [0, 0.1) is 17.0 Å². The van der Waals surface area contributed by atoms with Crippen molar-refractivity contribution in [2.75, 3.05) is 26.7 Å². The molecule has 7 heteroatoms. The lowest BCUT2D eigenvalue weighted by Gasteiger charge is -2.29. The van der Waals surface area contributed by atoms with E-state index in [-0.39, 0.29) is 29.9 Å². The Labute approximate surface area is 141 Å². The molecule has 0 aliphatic rings. The lowest BCUT2D eigenvalue weighted by atomic mass is 9.93. The molecule has 0 aliphatic heterocycles. The maximum atomic E-state index is 13.5. The van der Waals surface area contributed by atoms with Crippen molar-refractivity contribution in [2.45, 2.75) is 26.7 Å². The van der Waals surface area contributed by atoms with Crippen LogP contribution in [0.25, 0.3) is 0 Å². The summed E-state index contributed by atoms with van der Waals surface area (Å²) < 4.78 is 26.3. The molecule has 0 unspecified atom stereocenters. The van der Waals surface area contributed by atoms with Crippen molar-refractivity contribution >= 4 is 11.8 Å². The Morgan fingerprint density at radius 1 is 1.29 bits per heavy atom. The summed E-state index contributed by atoms with van der Waals surface area (Å²) in [4.78, 5) is 25.4. The summed E-state index contributed by atoms with van der Waals surface area (Å²) >= 11 is 0. The van der Waals surface area contributed by atoms with Gasteiger partial charge in [0.15, 0.2) is 0 Å². The Morgan fingerprint density at radius 3 is 2.54 bits per heavy atom. The first-order valence-corrected chi connectivity index (χ1v) is 7.83. The molecule has 3 N–H and O–H groups in total. The van der Waals surface area contributed by atoms with E-state index in [1.54, 1.807) is 11.9 Å². The summed E-state index contributed by atoms with van der Waals surface area (Å²) in [5.74, 6) is -2.32. The van der Waals surface area contributed by atoms with E-state index >= 15 is 0 Å². The molecule has 0 aliphatic carbocycles. The van der Waals surface area contributed by atoms with Gasteiger partial charge in [0.05, 0.1) is 5.56 Å². The highest BCUT2D eigenvalue weighted by molar-refractivity contribution is 5.94. The zero-order valence-electron chi connectivity index (χ0n) is 14.4. The molecule has 0 fully saturated rings. The second-order valence-corrected chi connectivity index (χ2v) is 6.60. The van der Waals surface area contributed by atoms with Crippen molar-refractivity contribution in [3.8, 4) is 0 Å². The number of hydrogen-bond acceptors (Lipinski definition) is 3. The topological polar surface area (TPSA) is 75.4 Å². The minimum Gasteiger partial charge on any atom is -0.352 e. The zero-order valence-corrected chi connectivity index (χ0v) is 14.4. The van der Waals surface area contributed by atoms with Crippen LogP contribution in [0.3, 0.4) is 0 Å². The number of halogens is 2. The molecule has 1 aromatic rings. The Balaban J connectivity index is 2.37. The first-order valence-electron chi connectivity index (χ1n) is 7.83. The second-order valence-electron chi connectivity index (χ2n) is 6.60. The number of benzene rings is 1. The van der Waals surface area contributed by atoms with E-state index in [0.29, 0.717) is 25.6 Å². The van der Waals surface area contributed by atoms with Crippen molar-refractivity contribution in [3.63, 3.8) is 0 Å². The molecular weight excluding hydrogens is 316 g/mol. The summed E-state index contributed by atoms with van der Waals surface area (Å²) in [6.45, 7) is 5.22. The smallest absolute Gasteiger partial charge is 0.254 e. The van der Waals surface area contributed by atoms with E-state index in [0.717, 1.165) is 12.1 Å². The molecule has 134 valence electrons. The maximum Gasteiger partial charge on any atom is 0.254 e. The number of carbonyl (C=O) groups is 2. The van der Waals surface area contributed by atoms with Gasteiger partial charge in [-0.2, -0.15) is 0 Å². The molecule has 0 aromatic heterocycles. The van der Waals surface area contributed by atoms with Crippen LogP contribution in [0.15, 0.2) is 18.2 Å². The minimum absolute atomic E-state index is 0.0428. The van der Waals surface area contributed by atoms with Crippen LogP contribution in [-0.4, -0.2) is 43.4 Å². The van der Waals surface area contributed by atoms with Gasteiger partial charge in [-0.05, 0) is 30.5 Å². The predicted molar refractivity (Wildman–Crippen MR) is 88.4 cm³/mol. The number of nitrogens with zero attached hydrogens (tertiary/aromatic N) is 1. The van der Waals surface area contributed by atoms with E-state index in [1.807, 2.05) is 13.8 Å². The first-order chi connectivity index (χ1) is 11.2. The molecule has 2 amide bonds. The average Bonchev–Trinajstić information content (AvgIpc) is 2.50. The number of nitrogens with one attached hydrogen (secondary N) is 1. The Bertz CT molecular complexity index is 591. The fourth-order valence-electron chi connectivity index (χ4n) is 2.20. The van der Waals surface area contributed by atoms with Crippen LogP contribution in [0.5, 0.6) is 0 Å². The molecule has 5 nitrogen and oxygen atoms in total. The van der Waals surface area contributed by atoms with E-state index in [4.69, 9.17) is 5.73 Å². The van der Waals surface area contributed by atoms with Gasteiger partial charge in [0.2, 0.25) is 5.91 Å². The fraction of sp³-hybridized carbons (Fsp3) is 0.529. The number of carbonyl (C=O) groups excluding carboxylic acids is 2. The zero-order chi connectivity index (χ0) is 18.3. The molecule has 0 saturated heterocycles. The SMILES string of the molecule is CN(CC(C)(C)CN)C(=O)CCCNC(=O)c1ccc(F)cc1F. The summed E-state index contributed by atoms with van der Waals surface area (Å²) in [7, 11) is 1.71. The normalized spacial score (nSPS) is 11.2. The van der Waals surface area contributed by atoms with Crippen LogP contribution in [0.1, 0.15) is 37.0 Å². The number of nitrogens with two attached hydrogens (primary N) is 1. The molecule has 1 aromatic carbocycles. The van der Waals surface area contributed by atoms with Crippen LogP contribution >= 0.6 is 0 Å². The van der Waals surface area contributed by atoms with Gasteiger partial charge < -0.3 is 16.0 Å². The fourth-order valence-corrected chi connectivity index (χ4v) is 2.20. The number of hydrogen-bond donors (Lipinski definition) is 2. The van der Waals surface area contributed by atoms with Gasteiger partial charge in [-0.1, -0.05) is 13.8 Å². The molecular formula is C17H25F2N3O2. The standard InChI is InChI=1S/C17H25F2N3O2/c1-17(2,10-20)11-22(3)15(23)5-4-8-21-16(24)13-7-6-12(18)9-14(13)19/h6-7,9H,4-5,8,10-11,20H2,1-3H3,(H,21,24). The lowest BCUT2D eigenvalue weighted by Crippen LogP contribution is -2.40. The van der Waals surface area contributed by atoms with Crippen LogP contribution in [-0.2, 0) is 4.79 Å². The molecule has 0 bridgehead atoms. The largest absolute Gasteiger partial charge is 0.352 e. The van der Waals surface area contributed by atoms with Gasteiger partial charge in [-0.15, -0.1) is 0 Å². The summed E-state index contributed by atoms with van der Waals surface area (Å²) in [5.41, 5.74) is 5.27. The highest BCUT2D eigenvalue weighted by Crippen LogP contribution is 2.14. The van der Waals surface area contributed by atoms with Crippen molar-refractivity contribution in [3.05, 3.63) is 35.4 Å². The number of rotatable bonds is 8. The van der Waals surface area contributed by atoms with Gasteiger partial charge in [-0.25, -0.2) is 8.78 Å². The van der Waals surface area contributed by atoms with E-state index in [1.165, 1.54) is 0 Å². The quantitative estimate of drug-likeness (QED) is 0.709. The van der Waals surface area contributed by atoms with Crippen molar-refractivity contribution in [1.29, 1.82) is 0 Å². The Hall–Kier alpha value is -2.02. The highest BCUT2D eigenvalue weighted by Gasteiger charge is 2.20. The molecule has 0 heterocycles. The summed E-state index contributed by atoms with van der Waals surface area (Å²) in [6.07, 6.45) is 0.699. The van der Waals surface area contributed by atoms with Crippen LogP contribution in [0.2, 0.25) is 0 Å². The van der Waals surface area contributed by atoms with Crippen LogP contribution in [0.4, 0.5) is 8.78 Å². The highest BCUT2D eigenvalue weighted by atomic mass is 19.1. The van der Waals surface area contributed by atoms with E-state index in [9.17, 15) is 18.4 Å². The molecule has 0 spiro atoms. The van der Waals surface area contributed by atoms with Crippen LogP contribution < -0.4 is 11.1 Å². The molecule has 24 heavy (non-hydrogen) atoms. The molecule has 0 radical (unpaired) electrons. The van der Waals surface area contributed by atoms with Crippen molar-refractivity contribution in [1.82, 2.24) is 10.2 Å². The third kappa shape index (κ3) is 6.23. The third-order valence-electron chi connectivity index (χ3n) is 3.67. The summed E-state index contributed by atoms with van der Waals surface area (Å²) in [5, 5.41) is 2.52. The average molecular weight is 341 g/mol. The van der Waals surface area contributed by atoms with Gasteiger partial charge in [0, 0.05) is 32.6 Å². The van der Waals surface area contributed by atoms with Crippen molar-refractivity contribution < 1.29 is 18.4 Å². The second kappa shape index (κ2) is 8.73. The lowest BCUT2D eigenvalue weighted by molar-refractivity contribution is -0.131. The Kier molecular flexibility index (Phi) is 7.28. The van der Waals surface area contributed by atoms with E-state index < -0.39 is 17.5 Å². The first kappa shape index (κ1) is 20.0. The van der Waals surface area contributed by atoms with Gasteiger partial charge in [-0.3, -0.25) is 9.59 Å². The molecule has 0 atom stereocenters. The van der Waals surface area contributed by atoms with E-state index in [2.05, 4.69) is 5.32 Å². The van der Waals surface area contributed by atoms with Gasteiger partial charge >= 0.3 is 0 Å². The minimum atomic E-state index is -0.910. The summed E-state index contributed by atoms with van der Waals surface area (Å²) in [6, 6.07) is 2.77. The van der Waals surface area contributed by atoms with Gasteiger partial charge in [0.1, 0.15) is 11.6 Å². The third-order valence-corrected chi connectivity index (χ3v) is 3.67. The maximum absolute atomic E-state index is 13.5. The predicted octanol–water partition coefficient (Wildman–Crippen LogP) is 1.92. The Morgan fingerprint density at radius 2 is 1.96 bits per heavy atom. The molecule has 0 saturated carbocycles.